The lowest BCUT2D eigenvalue weighted by Crippen LogP contribution is -2.32. The molecule has 0 aliphatic carbocycles. The number of carbonyl (C=O) groups is 1. The number of hydrogen-bond donors (Lipinski definition) is 2. The molecule has 1 amide bonds. The van der Waals surface area contributed by atoms with Gasteiger partial charge in [-0.2, -0.15) is 5.10 Å². The SMILES string of the molecule is CC(CC(=O)Nc1ccnn1-c1cccc(Cl)c1)C1CCNCC1.Cl. The van der Waals surface area contributed by atoms with Gasteiger partial charge >= 0.3 is 0 Å². The van der Waals surface area contributed by atoms with Crippen molar-refractivity contribution in [2.75, 3.05) is 18.4 Å². The molecule has 5 nitrogen and oxygen atoms in total. The molecule has 2 aromatic rings. The minimum absolute atomic E-state index is 0. The van der Waals surface area contributed by atoms with Crippen LogP contribution >= 0.6 is 24.0 Å². The van der Waals surface area contributed by atoms with Crippen molar-refractivity contribution in [1.29, 1.82) is 0 Å². The molecule has 1 aromatic carbocycles. The summed E-state index contributed by atoms with van der Waals surface area (Å²) in [6.07, 6.45) is 4.50. The van der Waals surface area contributed by atoms with Crippen molar-refractivity contribution in [2.24, 2.45) is 11.8 Å². The highest BCUT2D eigenvalue weighted by Gasteiger charge is 2.22. The van der Waals surface area contributed by atoms with E-state index in [0.29, 0.717) is 29.1 Å². The summed E-state index contributed by atoms with van der Waals surface area (Å²) in [7, 11) is 0. The van der Waals surface area contributed by atoms with E-state index in [9.17, 15) is 4.79 Å². The smallest absolute Gasteiger partial charge is 0.225 e. The predicted molar refractivity (Wildman–Crippen MR) is 104 cm³/mol. The minimum Gasteiger partial charge on any atom is -0.317 e. The van der Waals surface area contributed by atoms with Gasteiger partial charge in [0.25, 0.3) is 0 Å². The van der Waals surface area contributed by atoms with E-state index < -0.39 is 0 Å². The van der Waals surface area contributed by atoms with Crippen molar-refractivity contribution in [3.8, 4) is 5.69 Å². The predicted octanol–water partition coefficient (Wildman–Crippen LogP) is 3.91. The summed E-state index contributed by atoms with van der Waals surface area (Å²) in [6.45, 7) is 4.28. The van der Waals surface area contributed by atoms with Gasteiger partial charge in [-0.3, -0.25) is 4.79 Å². The number of nitrogens with zero attached hydrogens (tertiary/aromatic N) is 2. The zero-order valence-electron chi connectivity index (χ0n) is 14.2. The van der Waals surface area contributed by atoms with Gasteiger partial charge in [-0.1, -0.05) is 24.6 Å². The molecule has 1 fully saturated rings. The second-order valence-electron chi connectivity index (χ2n) is 6.43. The van der Waals surface area contributed by atoms with Gasteiger partial charge < -0.3 is 10.6 Å². The van der Waals surface area contributed by atoms with E-state index >= 15 is 0 Å². The van der Waals surface area contributed by atoms with Crippen LogP contribution in [-0.4, -0.2) is 28.8 Å². The van der Waals surface area contributed by atoms with Crippen LogP contribution in [0.25, 0.3) is 5.69 Å². The Morgan fingerprint density at radius 2 is 2.16 bits per heavy atom. The van der Waals surface area contributed by atoms with Gasteiger partial charge in [-0.05, 0) is 56.0 Å². The molecule has 1 aliphatic heterocycles. The molecule has 0 radical (unpaired) electrons. The second kappa shape index (κ2) is 9.22. The van der Waals surface area contributed by atoms with E-state index in [2.05, 4.69) is 22.7 Å². The number of rotatable bonds is 5. The first-order valence-electron chi connectivity index (χ1n) is 8.44. The third kappa shape index (κ3) is 5.21. The number of piperidine rings is 1. The monoisotopic (exact) mass is 382 g/mol. The minimum atomic E-state index is 0. The summed E-state index contributed by atoms with van der Waals surface area (Å²) in [5.74, 6) is 1.70. The molecular formula is C18H24Cl2N4O. The molecule has 2 heterocycles. The number of carbonyl (C=O) groups excluding carboxylic acids is 1. The molecule has 1 unspecified atom stereocenters. The van der Waals surface area contributed by atoms with Crippen LogP contribution in [0.2, 0.25) is 5.02 Å². The number of amides is 1. The van der Waals surface area contributed by atoms with Crippen LogP contribution in [0.15, 0.2) is 36.5 Å². The maximum atomic E-state index is 12.4. The Kier molecular flexibility index (Phi) is 7.29. The quantitative estimate of drug-likeness (QED) is 0.823. The third-order valence-electron chi connectivity index (χ3n) is 4.66. The molecule has 136 valence electrons. The van der Waals surface area contributed by atoms with Crippen molar-refractivity contribution in [3.05, 3.63) is 41.6 Å². The Balaban J connectivity index is 0.00000225. The van der Waals surface area contributed by atoms with Gasteiger partial charge in [0, 0.05) is 17.5 Å². The summed E-state index contributed by atoms with van der Waals surface area (Å²) < 4.78 is 1.69. The number of hydrogen-bond acceptors (Lipinski definition) is 3. The van der Waals surface area contributed by atoms with Crippen molar-refractivity contribution in [1.82, 2.24) is 15.1 Å². The Labute approximate surface area is 159 Å². The summed E-state index contributed by atoms with van der Waals surface area (Å²) in [6, 6.07) is 9.21. The molecule has 1 saturated heterocycles. The molecule has 1 aromatic heterocycles. The third-order valence-corrected chi connectivity index (χ3v) is 4.89. The fourth-order valence-electron chi connectivity index (χ4n) is 3.28. The first-order valence-corrected chi connectivity index (χ1v) is 8.82. The summed E-state index contributed by atoms with van der Waals surface area (Å²) >= 11 is 6.04. The average molecular weight is 383 g/mol. The molecule has 0 bridgehead atoms. The summed E-state index contributed by atoms with van der Waals surface area (Å²) in [4.78, 5) is 12.4. The van der Waals surface area contributed by atoms with E-state index in [4.69, 9.17) is 11.6 Å². The zero-order valence-corrected chi connectivity index (χ0v) is 15.8. The fourth-order valence-corrected chi connectivity index (χ4v) is 3.46. The van der Waals surface area contributed by atoms with Crippen LogP contribution in [0.5, 0.6) is 0 Å². The number of benzene rings is 1. The summed E-state index contributed by atoms with van der Waals surface area (Å²) in [5.41, 5.74) is 0.828. The van der Waals surface area contributed by atoms with Gasteiger partial charge in [-0.15, -0.1) is 12.4 Å². The first-order chi connectivity index (χ1) is 11.6. The summed E-state index contributed by atoms with van der Waals surface area (Å²) in [5, 5.41) is 11.3. The van der Waals surface area contributed by atoms with Gasteiger partial charge in [0.15, 0.2) is 0 Å². The lowest BCUT2D eigenvalue weighted by atomic mass is 9.84. The average Bonchev–Trinajstić information content (AvgIpc) is 3.03. The zero-order chi connectivity index (χ0) is 16.9. The van der Waals surface area contributed by atoms with Gasteiger partial charge in [0.2, 0.25) is 5.91 Å². The van der Waals surface area contributed by atoms with E-state index in [1.165, 1.54) is 0 Å². The van der Waals surface area contributed by atoms with Crippen molar-refractivity contribution < 1.29 is 4.79 Å². The van der Waals surface area contributed by atoms with Crippen LogP contribution in [0.3, 0.4) is 0 Å². The lowest BCUT2D eigenvalue weighted by Gasteiger charge is -2.27. The Morgan fingerprint density at radius 1 is 1.40 bits per heavy atom. The largest absolute Gasteiger partial charge is 0.317 e. The standard InChI is InChI=1S/C18H23ClN4O.ClH/c1-13(14-5-8-20-9-6-14)11-18(24)22-17-7-10-21-23(17)16-4-2-3-15(19)12-16;/h2-4,7,10,12-14,20H,5-6,8-9,11H2,1H3,(H,22,24);1H. The topological polar surface area (TPSA) is 59.0 Å². The maximum absolute atomic E-state index is 12.4. The first kappa shape index (κ1) is 19.8. The highest BCUT2D eigenvalue weighted by molar-refractivity contribution is 6.30. The number of anilines is 1. The van der Waals surface area contributed by atoms with Crippen LogP contribution in [0.1, 0.15) is 26.2 Å². The molecule has 25 heavy (non-hydrogen) atoms. The van der Waals surface area contributed by atoms with E-state index in [0.717, 1.165) is 31.6 Å². The molecule has 1 atom stereocenters. The van der Waals surface area contributed by atoms with Crippen molar-refractivity contribution in [2.45, 2.75) is 26.2 Å². The molecule has 0 saturated carbocycles. The number of nitrogens with one attached hydrogen (secondary N) is 2. The number of aromatic nitrogens is 2. The second-order valence-corrected chi connectivity index (χ2v) is 6.86. The van der Waals surface area contributed by atoms with Gasteiger partial charge in [0.05, 0.1) is 11.9 Å². The Bertz CT molecular complexity index is 698. The van der Waals surface area contributed by atoms with E-state index in [1.807, 2.05) is 24.3 Å². The van der Waals surface area contributed by atoms with Gasteiger partial charge in [0.1, 0.15) is 5.82 Å². The molecule has 7 heteroatoms. The number of halogens is 2. The van der Waals surface area contributed by atoms with Crippen LogP contribution < -0.4 is 10.6 Å². The van der Waals surface area contributed by atoms with Crippen LogP contribution in [-0.2, 0) is 4.79 Å². The highest BCUT2D eigenvalue weighted by Crippen LogP contribution is 2.25. The molecule has 1 aliphatic rings. The molecule has 3 rings (SSSR count). The normalized spacial score (nSPS) is 16.1. The van der Waals surface area contributed by atoms with Crippen LogP contribution in [0, 0.1) is 11.8 Å². The fraction of sp³-hybridized carbons (Fsp3) is 0.444. The van der Waals surface area contributed by atoms with Crippen molar-refractivity contribution >= 4 is 35.7 Å². The molecular weight excluding hydrogens is 359 g/mol. The van der Waals surface area contributed by atoms with Crippen molar-refractivity contribution in [3.63, 3.8) is 0 Å². The Hall–Kier alpha value is -1.56. The van der Waals surface area contributed by atoms with E-state index in [-0.39, 0.29) is 18.3 Å². The van der Waals surface area contributed by atoms with Crippen LogP contribution in [0.4, 0.5) is 5.82 Å². The van der Waals surface area contributed by atoms with E-state index in [1.54, 1.807) is 16.9 Å². The Morgan fingerprint density at radius 3 is 2.88 bits per heavy atom. The molecule has 0 spiro atoms. The maximum Gasteiger partial charge on any atom is 0.225 e. The van der Waals surface area contributed by atoms with Gasteiger partial charge in [-0.25, -0.2) is 4.68 Å². The lowest BCUT2D eigenvalue weighted by molar-refractivity contribution is -0.117. The highest BCUT2D eigenvalue weighted by atomic mass is 35.5. The molecule has 2 N–H and O–H groups in total.